The number of amides is 2. The first-order valence-corrected chi connectivity index (χ1v) is 9.00. The number of likely N-dealkylation sites (tertiary alicyclic amines) is 1. The molecular weight excluding hydrogens is 352 g/mol. The number of esters is 1. The Morgan fingerprint density at radius 2 is 2.07 bits per heavy atom. The number of rotatable bonds is 6. The average molecular weight is 376 g/mol. The summed E-state index contributed by atoms with van der Waals surface area (Å²) in [7, 11) is 2.91. The van der Waals surface area contributed by atoms with Crippen LogP contribution in [0.25, 0.3) is 0 Å². The maximum absolute atomic E-state index is 12.7. The summed E-state index contributed by atoms with van der Waals surface area (Å²) < 4.78 is 16.0. The fourth-order valence-corrected chi connectivity index (χ4v) is 3.48. The second kappa shape index (κ2) is 7.46. The van der Waals surface area contributed by atoms with E-state index in [-0.39, 0.29) is 35.6 Å². The molecule has 8 nitrogen and oxygen atoms in total. The van der Waals surface area contributed by atoms with Crippen molar-refractivity contribution in [2.45, 2.75) is 51.4 Å². The number of hydrogen-bond acceptors (Lipinski definition) is 6. The molecule has 2 heterocycles. The lowest BCUT2D eigenvalue weighted by atomic mass is 10.0. The zero-order chi connectivity index (χ0) is 19.7. The molecule has 1 fully saturated rings. The molecule has 0 spiro atoms. The molecule has 3 atom stereocenters. The van der Waals surface area contributed by atoms with Gasteiger partial charge in [0.25, 0.3) is 0 Å². The number of fused-ring (bicyclic) bond motifs is 1. The minimum Gasteiger partial charge on any atom is -0.493 e. The van der Waals surface area contributed by atoms with Crippen LogP contribution in [-0.4, -0.2) is 49.0 Å². The second-order valence-corrected chi connectivity index (χ2v) is 6.70. The predicted octanol–water partition coefficient (Wildman–Crippen LogP) is 1.78. The quantitative estimate of drug-likeness (QED) is 0.761. The normalized spacial score (nSPS) is 22.3. The Labute approximate surface area is 157 Å². The zero-order valence-electron chi connectivity index (χ0n) is 15.9. The van der Waals surface area contributed by atoms with Gasteiger partial charge in [0.05, 0.1) is 14.2 Å². The Morgan fingerprint density at radius 1 is 1.33 bits per heavy atom. The Bertz CT molecular complexity index is 778. The molecule has 146 valence electrons. The summed E-state index contributed by atoms with van der Waals surface area (Å²) in [5, 5.41) is 2.90. The topological polar surface area (TPSA) is 94.2 Å². The average Bonchev–Trinajstić information content (AvgIpc) is 3.20. The molecule has 0 radical (unpaired) electrons. The van der Waals surface area contributed by atoms with E-state index in [0.717, 1.165) is 6.42 Å². The number of hydrogen-bond donors (Lipinski definition) is 1. The molecule has 1 aromatic rings. The number of ether oxygens (including phenoxy) is 3. The van der Waals surface area contributed by atoms with Gasteiger partial charge in [0.2, 0.25) is 18.0 Å². The number of nitrogens with one attached hydrogen (secondary N) is 1. The van der Waals surface area contributed by atoms with E-state index in [9.17, 15) is 14.4 Å². The fourth-order valence-electron chi connectivity index (χ4n) is 3.48. The van der Waals surface area contributed by atoms with Gasteiger partial charge in [-0.15, -0.1) is 0 Å². The van der Waals surface area contributed by atoms with Gasteiger partial charge >= 0.3 is 5.97 Å². The molecule has 0 saturated carbocycles. The first kappa shape index (κ1) is 19.0. The van der Waals surface area contributed by atoms with Crippen LogP contribution in [0.2, 0.25) is 0 Å². The van der Waals surface area contributed by atoms with Crippen molar-refractivity contribution in [3.05, 3.63) is 23.3 Å². The van der Waals surface area contributed by atoms with E-state index in [1.807, 2.05) is 13.8 Å². The lowest BCUT2D eigenvalue weighted by molar-refractivity contribution is -0.146. The molecule has 1 N–H and O–H groups in total. The van der Waals surface area contributed by atoms with Crippen molar-refractivity contribution in [2.75, 3.05) is 14.2 Å². The first-order valence-electron chi connectivity index (χ1n) is 9.00. The van der Waals surface area contributed by atoms with Crippen molar-refractivity contribution < 1.29 is 28.6 Å². The molecule has 1 saturated heterocycles. The molecule has 0 bridgehead atoms. The van der Waals surface area contributed by atoms with Crippen molar-refractivity contribution >= 4 is 17.8 Å². The van der Waals surface area contributed by atoms with Gasteiger partial charge in [0, 0.05) is 18.0 Å². The van der Waals surface area contributed by atoms with E-state index in [1.54, 1.807) is 12.1 Å². The lowest BCUT2D eigenvalue weighted by Gasteiger charge is -2.30. The minimum atomic E-state index is -0.949. The summed E-state index contributed by atoms with van der Waals surface area (Å²) in [6.45, 7) is 3.87. The van der Waals surface area contributed by atoms with Crippen LogP contribution in [0, 0.1) is 0 Å². The Kier molecular flexibility index (Phi) is 5.25. The van der Waals surface area contributed by atoms with Crippen LogP contribution in [-0.2, 0) is 14.3 Å². The van der Waals surface area contributed by atoms with Gasteiger partial charge in [0.1, 0.15) is 11.6 Å². The molecule has 0 aliphatic carbocycles. The van der Waals surface area contributed by atoms with E-state index in [2.05, 4.69) is 5.32 Å². The van der Waals surface area contributed by atoms with Gasteiger partial charge in [-0.05, 0) is 31.9 Å². The van der Waals surface area contributed by atoms with Crippen LogP contribution in [0.3, 0.4) is 0 Å². The monoisotopic (exact) mass is 376 g/mol. The fraction of sp³-hybridized carbons (Fsp3) is 0.526. The molecule has 2 aliphatic heterocycles. The third-order valence-electron chi connectivity index (χ3n) is 5.08. The molecule has 0 unspecified atom stereocenters. The first-order chi connectivity index (χ1) is 12.9. The molecule has 2 amide bonds. The van der Waals surface area contributed by atoms with Crippen LogP contribution in [0.1, 0.15) is 55.3 Å². The molecule has 27 heavy (non-hydrogen) atoms. The molecule has 8 heteroatoms. The summed E-state index contributed by atoms with van der Waals surface area (Å²) in [6.07, 6.45) is 0.451. The number of benzene rings is 1. The van der Waals surface area contributed by atoms with Crippen molar-refractivity contribution in [3.63, 3.8) is 0 Å². The number of carbonyl (C=O) groups excluding carboxylic acids is 3. The molecule has 3 rings (SSSR count). The number of cyclic esters (lactones) is 1. The second-order valence-electron chi connectivity index (χ2n) is 6.70. The highest BCUT2D eigenvalue weighted by Crippen LogP contribution is 2.45. The van der Waals surface area contributed by atoms with Crippen LogP contribution >= 0.6 is 0 Å². The third-order valence-corrected chi connectivity index (χ3v) is 5.08. The summed E-state index contributed by atoms with van der Waals surface area (Å²) in [6, 6.07) is 2.64. The summed E-state index contributed by atoms with van der Waals surface area (Å²) in [5.41, 5.74) is 0.719. The van der Waals surface area contributed by atoms with Crippen LogP contribution in [0.5, 0.6) is 11.5 Å². The Hall–Kier alpha value is -2.77. The lowest BCUT2D eigenvalue weighted by Crippen LogP contribution is -2.48. The number of methoxy groups -OCH3 is 2. The molecule has 0 aromatic heterocycles. The minimum absolute atomic E-state index is 0.00202. The van der Waals surface area contributed by atoms with Crippen molar-refractivity contribution in [1.82, 2.24) is 10.2 Å². The van der Waals surface area contributed by atoms with Gasteiger partial charge < -0.3 is 19.5 Å². The molecular formula is C19H24N2O6. The van der Waals surface area contributed by atoms with E-state index < -0.39 is 18.2 Å². The van der Waals surface area contributed by atoms with Crippen molar-refractivity contribution in [2.24, 2.45) is 0 Å². The van der Waals surface area contributed by atoms with E-state index in [4.69, 9.17) is 14.2 Å². The van der Waals surface area contributed by atoms with Crippen molar-refractivity contribution in [3.8, 4) is 11.5 Å². The molecule has 1 aromatic carbocycles. The largest absolute Gasteiger partial charge is 0.493 e. The SMILES string of the molecule is CC[C@H](C)NC(=O)[C@@H]1CCC(=O)N1[C@@H]1OC(=O)c2c1ccc(OC)c2OC. The van der Waals surface area contributed by atoms with Crippen LogP contribution in [0.4, 0.5) is 0 Å². The smallest absolute Gasteiger partial charge is 0.344 e. The maximum atomic E-state index is 12.7. The van der Waals surface area contributed by atoms with Gasteiger partial charge in [0.15, 0.2) is 11.5 Å². The summed E-state index contributed by atoms with van der Waals surface area (Å²) in [5.74, 6) is -0.408. The van der Waals surface area contributed by atoms with Gasteiger partial charge in [-0.2, -0.15) is 0 Å². The third kappa shape index (κ3) is 3.20. The Morgan fingerprint density at radius 3 is 2.70 bits per heavy atom. The van der Waals surface area contributed by atoms with E-state index >= 15 is 0 Å². The highest BCUT2D eigenvalue weighted by molar-refractivity contribution is 5.99. The summed E-state index contributed by atoms with van der Waals surface area (Å²) >= 11 is 0. The standard InChI is InChI=1S/C19H24N2O6/c1-5-10(2)20-17(23)12-7-9-14(22)21(12)18-11-6-8-13(25-3)16(26-4)15(11)19(24)27-18/h6,8,10,12,18H,5,7,9H2,1-4H3,(H,20,23)/t10-,12-,18+/m0/s1. The number of carbonyl (C=O) groups is 3. The maximum Gasteiger partial charge on any atom is 0.344 e. The van der Waals surface area contributed by atoms with E-state index in [1.165, 1.54) is 19.1 Å². The van der Waals surface area contributed by atoms with Gasteiger partial charge in [-0.25, -0.2) is 4.79 Å². The van der Waals surface area contributed by atoms with Gasteiger partial charge in [-0.3, -0.25) is 14.5 Å². The zero-order valence-corrected chi connectivity index (χ0v) is 15.9. The Balaban J connectivity index is 1.96. The molecule has 2 aliphatic rings. The van der Waals surface area contributed by atoms with Crippen LogP contribution < -0.4 is 14.8 Å². The summed E-state index contributed by atoms with van der Waals surface area (Å²) in [4.78, 5) is 39.0. The van der Waals surface area contributed by atoms with Crippen LogP contribution in [0.15, 0.2) is 12.1 Å². The van der Waals surface area contributed by atoms with Gasteiger partial charge in [-0.1, -0.05) is 6.92 Å². The highest BCUT2D eigenvalue weighted by Gasteiger charge is 2.47. The van der Waals surface area contributed by atoms with Crippen molar-refractivity contribution in [1.29, 1.82) is 0 Å². The van der Waals surface area contributed by atoms with E-state index in [0.29, 0.717) is 17.7 Å². The number of nitrogens with zero attached hydrogens (tertiary/aromatic N) is 1. The predicted molar refractivity (Wildman–Crippen MR) is 95.5 cm³/mol. The highest BCUT2D eigenvalue weighted by atomic mass is 16.6.